The summed E-state index contributed by atoms with van der Waals surface area (Å²) in [5.74, 6) is -0.722. The number of aromatic nitrogens is 2. The summed E-state index contributed by atoms with van der Waals surface area (Å²) in [6.07, 6.45) is 3.02. The number of halogens is 2. The quantitative estimate of drug-likeness (QED) is 0.299. The fraction of sp³-hybridized carbons (Fsp3) is 0.0800. The van der Waals surface area contributed by atoms with Crippen molar-refractivity contribution < 1.29 is 18.3 Å². The summed E-state index contributed by atoms with van der Waals surface area (Å²) in [7, 11) is 0. The van der Waals surface area contributed by atoms with Gasteiger partial charge in [0.05, 0.1) is 17.4 Å². The number of anilines is 3. The number of nitrogens with two attached hydrogens (primary N) is 2. The number of ether oxygens (including phenoxy) is 1. The highest BCUT2D eigenvalue weighted by atomic mass is 19.2. The van der Waals surface area contributed by atoms with E-state index in [0.717, 1.165) is 17.7 Å². The Morgan fingerprint density at radius 1 is 0.914 bits per heavy atom. The first-order chi connectivity index (χ1) is 16.9. The Labute approximate surface area is 200 Å². The van der Waals surface area contributed by atoms with Crippen LogP contribution in [0.2, 0.25) is 0 Å². The number of pyridine rings is 2. The molecule has 10 heteroatoms. The van der Waals surface area contributed by atoms with Crippen LogP contribution in [-0.4, -0.2) is 15.9 Å². The van der Waals surface area contributed by atoms with Crippen molar-refractivity contribution in [1.82, 2.24) is 15.3 Å². The van der Waals surface area contributed by atoms with Gasteiger partial charge < -0.3 is 26.8 Å². The topological polar surface area (TPSA) is 128 Å². The Balaban J connectivity index is 1.40. The van der Waals surface area contributed by atoms with Crippen LogP contribution in [0.5, 0.6) is 11.5 Å². The molecule has 2 heterocycles. The summed E-state index contributed by atoms with van der Waals surface area (Å²) in [4.78, 5) is 21.0. The zero-order valence-electron chi connectivity index (χ0n) is 18.5. The minimum absolute atomic E-state index is 0.00713. The number of carbonyl (C=O) groups is 1. The summed E-state index contributed by atoms with van der Waals surface area (Å²) in [5.41, 5.74) is 13.5. The molecule has 0 atom stereocenters. The second-order valence-electron chi connectivity index (χ2n) is 7.58. The molecule has 0 unspecified atom stereocenters. The largest absolute Gasteiger partial charge is 0.453 e. The maximum Gasteiger partial charge on any atom is 0.255 e. The number of hydrogen-bond donors (Lipinski definition) is 4. The normalized spacial score (nSPS) is 10.6. The predicted octanol–water partition coefficient (Wildman–Crippen LogP) is 4.25. The molecule has 0 saturated carbocycles. The highest BCUT2D eigenvalue weighted by molar-refractivity contribution is 5.99. The predicted molar refractivity (Wildman–Crippen MR) is 129 cm³/mol. The molecule has 178 valence electrons. The van der Waals surface area contributed by atoms with E-state index in [4.69, 9.17) is 16.2 Å². The number of nitrogen functional groups attached to an aromatic ring is 2. The van der Waals surface area contributed by atoms with Crippen molar-refractivity contribution >= 4 is 23.2 Å². The van der Waals surface area contributed by atoms with Gasteiger partial charge in [0, 0.05) is 19.3 Å². The van der Waals surface area contributed by atoms with E-state index in [1.165, 1.54) is 18.3 Å². The van der Waals surface area contributed by atoms with E-state index >= 15 is 0 Å². The number of nitrogens with zero attached hydrogens (tertiary/aromatic N) is 2. The van der Waals surface area contributed by atoms with E-state index in [0.29, 0.717) is 40.9 Å². The summed E-state index contributed by atoms with van der Waals surface area (Å²) >= 11 is 0. The van der Waals surface area contributed by atoms with Crippen molar-refractivity contribution in [3.05, 3.63) is 101 Å². The molecule has 1 amide bonds. The average molecular weight is 476 g/mol. The van der Waals surface area contributed by atoms with Crippen LogP contribution in [0.3, 0.4) is 0 Å². The van der Waals surface area contributed by atoms with Crippen LogP contribution in [0.15, 0.2) is 73.1 Å². The molecular formula is C25H22F2N6O2. The Kier molecular flexibility index (Phi) is 7.01. The summed E-state index contributed by atoms with van der Waals surface area (Å²) < 4.78 is 32.3. The van der Waals surface area contributed by atoms with Crippen molar-refractivity contribution in [2.75, 3.05) is 16.8 Å². The molecule has 0 aliphatic carbocycles. The molecule has 4 rings (SSSR count). The maximum atomic E-state index is 13.4. The molecule has 0 fully saturated rings. The first-order valence-corrected chi connectivity index (χ1v) is 10.6. The van der Waals surface area contributed by atoms with Crippen LogP contribution in [-0.2, 0) is 13.1 Å². The monoisotopic (exact) mass is 476 g/mol. The maximum absolute atomic E-state index is 13.4. The molecule has 0 spiro atoms. The molecule has 2 aromatic heterocycles. The Morgan fingerprint density at radius 3 is 2.43 bits per heavy atom. The molecule has 0 aliphatic heterocycles. The lowest BCUT2D eigenvalue weighted by atomic mass is 10.1. The van der Waals surface area contributed by atoms with Gasteiger partial charge in [-0.1, -0.05) is 18.2 Å². The first kappa shape index (κ1) is 23.4. The van der Waals surface area contributed by atoms with Crippen LogP contribution in [0.25, 0.3) is 0 Å². The Morgan fingerprint density at radius 2 is 1.69 bits per heavy atom. The minimum Gasteiger partial charge on any atom is -0.453 e. The van der Waals surface area contributed by atoms with Crippen LogP contribution >= 0.6 is 0 Å². The van der Waals surface area contributed by atoms with Crippen LogP contribution in [0.1, 0.15) is 21.5 Å². The Hall–Kier alpha value is -4.73. The van der Waals surface area contributed by atoms with Gasteiger partial charge in [0.2, 0.25) is 0 Å². The fourth-order valence-corrected chi connectivity index (χ4v) is 3.20. The zero-order valence-corrected chi connectivity index (χ0v) is 18.5. The number of benzene rings is 2. The van der Waals surface area contributed by atoms with Crippen molar-refractivity contribution in [3.8, 4) is 11.5 Å². The van der Waals surface area contributed by atoms with Crippen molar-refractivity contribution in [3.63, 3.8) is 0 Å². The lowest BCUT2D eigenvalue weighted by Gasteiger charge is -2.13. The van der Waals surface area contributed by atoms with Crippen molar-refractivity contribution in [2.24, 2.45) is 0 Å². The van der Waals surface area contributed by atoms with E-state index in [1.54, 1.807) is 30.5 Å². The molecule has 8 nitrogen and oxygen atoms in total. The molecule has 4 aromatic rings. The molecule has 0 bridgehead atoms. The zero-order chi connectivity index (χ0) is 24.8. The fourth-order valence-electron chi connectivity index (χ4n) is 3.20. The number of rotatable bonds is 8. The van der Waals surface area contributed by atoms with E-state index in [2.05, 4.69) is 20.6 Å². The third-order valence-corrected chi connectivity index (χ3v) is 5.00. The van der Waals surface area contributed by atoms with Crippen LogP contribution in [0, 0.1) is 11.6 Å². The SMILES string of the molecule is Nc1cnc(NCc2ccc(Oc3cccnc3N)cc2)c(C(=O)NCc2ccc(F)c(F)c2)c1. The van der Waals surface area contributed by atoms with E-state index < -0.39 is 17.5 Å². The molecule has 0 saturated heterocycles. The number of nitrogens with one attached hydrogen (secondary N) is 2. The molecule has 6 N–H and O–H groups in total. The average Bonchev–Trinajstić information content (AvgIpc) is 2.86. The van der Waals surface area contributed by atoms with Gasteiger partial charge in [0.1, 0.15) is 11.6 Å². The van der Waals surface area contributed by atoms with Gasteiger partial charge in [-0.3, -0.25) is 4.79 Å². The summed E-state index contributed by atoms with van der Waals surface area (Å²) in [6.45, 7) is 0.378. The summed E-state index contributed by atoms with van der Waals surface area (Å²) in [6, 6.07) is 15.7. The van der Waals surface area contributed by atoms with Gasteiger partial charge in [0.25, 0.3) is 5.91 Å². The molecule has 2 aromatic carbocycles. The van der Waals surface area contributed by atoms with Gasteiger partial charge in [-0.15, -0.1) is 0 Å². The standard InChI is InChI=1S/C25H22F2N6O2/c26-20-8-5-16(10-21(20)27)13-33-25(34)19-11-17(28)14-32-24(19)31-12-15-3-6-18(7-4-15)35-22-2-1-9-30-23(22)29/h1-11,14H,12-13,28H2,(H2,29,30)(H,31,32)(H,33,34). The minimum atomic E-state index is -0.981. The van der Waals surface area contributed by atoms with Gasteiger partial charge in [-0.25, -0.2) is 18.7 Å². The summed E-state index contributed by atoms with van der Waals surface area (Å²) in [5, 5.41) is 5.79. The molecule has 0 aliphatic rings. The first-order valence-electron chi connectivity index (χ1n) is 10.6. The number of hydrogen-bond acceptors (Lipinski definition) is 7. The number of amides is 1. The van der Waals surface area contributed by atoms with Gasteiger partial charge in [-0.2, -0.15) is 0 Å². The highest BCUT2D eigenvalue weighted by Gasteiger charge is 2.14. The van der Waals surface area contributed by atoms with Crippen LogP contribution < -0.4 is 26.8 Å². The highest BCUT2D eigenvalue weighted by Crippen LogP contribution is 2.25. The van der Waals surface area contributed by atoms with Crippen molar-refractivity contribution in [1.29, 1.82) is 0 Å². The second kappa shape index (κ2) is 10.5. The number of carbonyl (C=O) groups excluding carboxylic acids is 1. The van der Waals surface area contributed by atoms with E-state index in [1.807, 2.05) is 12.1 Å². The van der Waals surface area contributed by atoms with Gasteiger partial charge in [0.15, 0.2) is 23.2 Å². The molecule has 0 radical (unpaired) electrons. The van der Waals surface area contributed by atoms with Crippen molar-refractivity contribution in [2.45, 2.75) is 13.1 Å². The van der Waals surface area contributed by atoms with E-state index in [-0.39, 0.29) is 12.1 Å². The van der Waals surface area contributed by atoms with E-state index in [9.17, 15) is 13.6 Å². The second-order valence-corrected chi connectivity index (χ2v) is 7.58. The van der Waals surface area contributed by atoms with Gasteiger partial charge >= 0.3 is 0 Å². The molecular weight excluding hydrogens is 454 g/mol. The lowest BCUT2D eigenvalue weighted by Crippen LogP contribution is -2.24. The van der Waals surface area contributed by atoms with Gasteiger partial charge in [-0.05, 0) is 53.6 Å². The van der Waals surface area contributed by atoms with Crippen LogP contribution in [0.4, 0.5) is 26.1 Å². The third-order valence-electron chi connectivity index (χ3n) is 5.00. The lowest BCUT2D eigenvalue weighted by molar-refractivity contribution is 0.0951. The Bertz CT molecular complexity index is 1350. The molecule has 35 heavy (non-hydrogen) atoms. The third kappa shape index (κ3) is 5.99. The smallest absolute Gasteiger partial charge is 0.255 e.